The van der Waals surface area contributed by atoms with Gasteiger partial charge in [-0.15, -0.1) is 0 Å². The maximum atomic E-state index is 12.8. The number of carbonyl (C=O) groups excluding carboxylic acids is 1. The van der Waals surface area contributed by atoms with Crippen LogP contribution >= 0.6 is 0 Å². The lowest BCUT2D eigenvalue weighted by molar-refractivity contribution is -0.125. The fourth-order valence-electron chi connectivity index (χ4n) is 4.12. The first-order valence-corrected chi connectivity index (χ1v) is 11.2. The summed E-state index contributed by atoms with van der Waals surface area (Å²) in [6.45, 7) is 5.92. The monoisotopic (exact) mass is 434 g/mol. The van der Waals surface area contributed by atoms with Crippen LogP contribution in [0, 0.1) is 19.8 Å². The molecule has 2 aromatic carbocycles. The van der Waals surface area contributed by atoms with E-state index in [9.17, 15) is 9.59 Å². The summed E-state index contributed by atoms with van der Waals surface area (Å²) in [7, 11) is 0. The first-order chi connectivity index (χ1) is 15.5. The Morgan fingerprint density at radius 2 is 1.97 bits per heavy atom. The zero-order valence-corrected chi connectivity index (χ0v) is 18.7. The van der Waals surface area contributed by atoms with Crippen molar-refractivity contribution in [2.75, 3.05) is 6.61 Å². The molecule has 4 rings (SSSR count). The number of ether oxygens (including phenoxy) is 1. The predicted octanol–water partition coefficient (Wildman–Crippen LogP) is 3.01. The Morgan fingerprint density at radius 3 is 2.78 bits per heavy atom. The Kier molecular flexibility index (Phi) is 6.73. The van der Waals surface area contributed by atoms with Gasteiger partial charge in [-0.3, -0.25) is 9.36 Å². The summed E-state index contributed by atoms with van der Waals surface area (Å²) in [6, 6.07) is 15.8. The van der Waals surface area contributed by atoms with Gasteiger partial charge in [-0.05, 0) is 49.9 Å². The number of nitrogens with zero attached hydrogens (tertiary/aromatic N) is 3. The number of hydrogen-bond donors (Lipinski definition) is 1. The highest BCUT2D eigenvalue weighted by molar-refractivity contribution is 5.78. The van der Waals surface area contributed by atoms with Crippen LogP contribution in [0.4, 0.5) is 0 Å². The van der Waals surface area contributed by atoms with Crippen molar-refractivity contribution in [1.29, 1.82) is 0 Å². The second-order valence-electron chi connectivity index (χ2n) is 8.41. The van der Waals surface area contributed by atoms with E-state index >= 15 is 0 Å². The summed E-state index contributed by atoms with van der Waals surface area (Å²) in [4.78, 5) is 25.6. The molecule has 32 heavy (non-hydrogen) atoms. The number of benzene rings is 2. The highest BCUT2D eigenvalue weighted by atomic mass is 16.5. The summed E-state index contributed by atoms with van der Waals surface area (Å²) >= 11 is 0. The Labute approximate surface area is 188 Å². The minimum absolute atomic E-state index is 0.0493. The molecular weight excluding hydrogens is 404 g/mol. The van der Waals surface area contributed by atoms with Crippen LogP contribution in [-0.4, -0.2) is 26.9 Å². The lowest BCUT2D eigenvalue weighted by Gasteiger charge is -2.15. The zero-order valence-electron chi connectivity index (χ0n) is 18.7. The first kappa shape index (κ1) is 21.9. The normalized spacial score (nSPS) is 15.6. The van der Waals surface area contributed by atoms with Gasteiger partial charge in [0, 0.05) is 25.4 Å². The van der Waals surface area contributed by atoms with Crippen molar-refractivity contribution in [2.45, 2.75) is 52.7 Å². The lowest BCUT2D eigenvalue weighted by Crippen LogP contribution is -2.32. The van der Waals surface area contributed by atoms with E-state index in [0.29, 0.717) is 45.5 Å². The van der Waals surface area contributed by atoms with E-state index in [1.807, 2.05) is 30.3 Å². The molecule has 1 amide bonds. The summed E-state index contributed by atoms with van der Waals surface area (Å²) in [5.41, 5.74) is 3.37. The maximum Gasteiger partial charge on any atom is 0.346 e. The zero-order chi connectivity index (χ0) is 22.5. The number of amides is 1. The van der Waals surface area contributed by atoms with Crippen molar-refractivity contribution in [2.24, 2.45) is 5.92 Å². The standard InChI is InChI=1S/C25H30N4O3/c1-18-8-9-19(2)21(16-18)17-26-24(30)20-10-11-23-27-29(25(31)28(23)13-12-20)14-15-32-22-6-4-3-5-7-22/h3-9,16,20H,10-15,17H2,1-2H3,(H,26,30). The predicted molar refractivity (Wildman–Crippen MR) is 123 cm³/mol. The van der Waals surface area contributed by atoms with E-state index in [4.69, 9.17) is 4.74 Å². The molecule has 1 N–H and O–H groups in total. The van der Waals surface area contributed by atoms with Crippen molar-refractivity contribution in [3.8, 4) is 5.75 Å². The van der Waals surface area contributed by atoms with E-state index in [2.05, 4.69) is 42.5 Å². The second-order valence-corrected chi connectivity index (χ2v) is 8.41. The topological polar surface area (TPSA) is 78.2 Å². The number of para-hydroxylation sites is 1. The fraction of sp³-hybridized carbons (Fsp3) is 0.400. The average Bonchev–Trinajstić information content (AvgIpc) is 2.96. The third-order valence-electron chi connectivity index (χ3n) is 6.06. The van der Waals surface area contributed by atoms with Crippen LogP contribution in [0.1, 0.15) is 35.4 Å². The van der Waals surface area contributed by atoms with Gasteiger partial charge in [-0.2, -0.15) is 5.10 Å². The van der Waals surface area contributed by atoms with Crippen LogP contribution in [0.5, 0.6) is 5.75 Å². The van der Waals surface area contributed by atoms with Gasteiger partial charge in [0.15, 0.2) is 0 Å². The SMILES string of the molecule is Cc1ccc(C)c(CNC(=O)C2CCc3nn(CCOc4ccccc4)c(=O)n3CC2)c1. The van der Waals surface area contributed by atoms with Crippen LogP contribution in [0.2, 0.25) is 0 Å². The van der Waals surface area contributed by atoms with Crippen molar-refractivity contribution in [3.05, 3.63) is 81.5 Å². The van der Waals surface area contributed by atoms with Crippen LogP contribution in [-0.2, 0) is 30.8 Å². The molecule has 1 atom stereocenters. The molecule has 0 saturated heterocycles. The molecule has 2 heterocycles. The Bertz CT molecular complexity index is 1130. The molecule has 0 radical (unpaired) electrons. The van der Waals surface area contributed by atoms with Crippen LogP contribution < -0.4 is 15.7 Å². The van der Waals surface area contributed by atoms with E-state index in [-0.39, 0.29) is 17.5 Å². The molecule has 0 saturated carbocycles. The van der Waals surface area contributed by atoms with Crippen molar-refractivity contribution in [3.63, 3.8) is 0 Å². The fourth-order valence-corrected chi connectivity index (χ4v) is 4.12. The minimum Gasteiger partial charge on any atom is -0.492 e. The number of nitrogens with one attached hydrogen (secondary N) is 1. The Hall–Kier alpha value is -3.35. The summed E-state index contributed by atoms with van der Waals surface area (Å²) in [5.74, 6) is 1.46. The highest BCUT2D eigenvalue weighted by Gasteiger charge is 2.25. The number of fused-ring (bicyclic) bond motifs is 1. The van der Waals surface area contributed by atoms with Gasteiger partial charge in [-0.25, -0.2) is 9.48 Å². The molecule has 7 nitrogen and oxygen atoms in total. The van der Waals surface area contributed by atoms with Gasteiger partial charge in [0.25, 0.3) is 0 Å². The van der Waals surface area contributed by atoms with E-state index < -0.39 is 0 Å². The Balaban J connectivity index is 1.31. The van der Waals surface area contributed by atoms with Crippen molar-refractivity contribution in [1.82, 2.24) is 19.7 Å². The quantitative estimate of drug-likeness (QED) is 0.620. The van der Waals surface area contributed by atoms with Crippen LogP contribution in [0.15, 0.2) is 53.3 Å². The van der Waals surface area contributed by atoms with Crippen LogP contribution in [0.3, 0.4) is 0 Å². The molecule has 0 aliphatic carbocycles. The third-order valence-corrected chi connectivity index (χ3v) is 6.06. The Morgan fingerprint density at radius 1 is 1.16 bits per heavy atom. The molecule has 1 aromatic heterocycles. The summed E-state index contributed by atoms with van der Waals surface area (Å²) < 4.78 is 8.87. The van der Waals surface area contributed by atoms with Gasteiger partial charge >= 0.3 is 5.69 Å². The smallest absolute Gasteiger partial charge is 0.346 e. The van der Waals surface area contributed by atoms with Crippen molar-refractivity contribution < 1.29 is 9.53 Å². The molecule has 168 valence electrons. The van der Waals surface area contributed by atoms with Gasteiger partial charge in [0.1, 0.15) is 18.2 Å². The molecule has 3 aromatic rings. The number of aryl methyl sites for hydroxylation is 3. The minimum atomic E-state index is -0.131. The van der Waals surface area contributed by atoms with E-state index in [0.717, 1.165) is 17.1 Å². The molecular formula is C25H30N4O3. The molecule has 0 bridgehead atoms. The molecule has 1 aliphatic heterocycles. The highest BCUT2D eigenvalue weighted by Crippen LogP contribution is 2.19. The third kappa shape index (κ3) is 5.10. The molecule has 7 heteroatoms. The van der Waals surface area contributed by atoms with E-state index in [1.54, 1.807) is 4.57 Å². The molecule has 1 aliphatic rings. The van der Waals surface area contributed by atoms with Crippen LogP contribution in [0.25, 0.3) is 0 Å². The molecule has 0 fully saturated rings. The van der Waals surface area contributed by atoms with Gasteiger partial charge in [0.05, 0.1) is 6.54 Å². The molecule has 0 spiro atoms. The largest absolute Gasteiger partial charge is 0.492 e. The number of hydrogen-bond acceptors (Lipinski definition) is 4. The average molecular weight is 435 g/mol. The number of aromatic nitrogens is 3. The van der Waals surface area contributed by atoms with Gasteiger partial charge in [0.2, 0.25) is 5.91 Å². The number of rotatable bonds is 7. The molecule has 1 unspecified atom stereocenters. The number of carbonyl (C=O) groups is 1. The lowest BCUT2D eigenvalue weighted by atomic mass is 9.99. The summed E-state index contributed by atoms with van der Waals surface area (Å²) in [6.07, 6.45) is 1.94. The first-order valence-electron chi connectivity index (χ1n) is 11.2. The summed E-state index contributed by atoms with van der Waals surface area (Å²) in [5, 5.41) is 7.59. The van der Waals surface area contributed by atoms with Gasteiger partial charge < -0.3 is 10.1 Å². The van der Waals surface area contributed by atoms with Gasteiger partial charge in [-0.1, -0.05) is 42.0 Å². The van der Waals surface area contributed by atoms with E-state index in [1.165, 1.54) is 15.8 Å². The van der Waals surface area contributed by atoms with Crippen molar-refractivity contribution >= 4 is 5.91 Å². The maximum absolute atomic E-state index is 12.8. The second kappa shape index (κ2) is 9.85.